The zero-order chi connectivity index (χ0) is 17.5. The van der Waals surface area contributed by atoms with Crippen molar-refractivity contribution in [1.82, 2.24) is 9.88 Å². The van der Waals surface area contributed by atoms with E-state index in [1.807, 2.05) is 49.3 Å². The van der Waals surface area contributed by atoms with Crippen molar-refractivity contribution in [3.8, 4) is 0 Å². The molecule has 1 heterocycles. The SMILES string of the molecule is CN(C)c1ccc(C(=O)N(CCC(N)=O)Cc2ccccc2)cn1. The lowest BCUT2D eigenvalue weighted by Crippen LogP contribution is -2.33. The van der Waals surface area contributed by atoms with E-state index in [9.17, 15) is 9.59 Å². The van der Waals surface area contributed by atoms with Crippen molar-refractivity contribution in [2.24, 2.45) is 5.73 Å². The summed E-state index contributed by atoms with van der Waals surface area (Å²) in [6, 6.07) is 13.2. The van der Waals surface area contributed by atoms with Crippen LogP contribution in [0.4, 0.5) is 5.82 Å². The quantitative estimate of drug-likeness (QED) is 0.839. The first kappa shape index (κ1) is 17.5. The van der Waals surface area contributed by atoms with Crippen LogP contribution in [-0.4, -0.2) is 42.3 Å². The maximum atomic E-state index is 12.8. The van der Waals surface area contributed by atoms with Gasteiger partial charge in [-0.25, -0.2) is 4.98 Å². The van der Waals surface area contributed by atoms with Crippen LogP contribution in [0, 0.1) is 0 Å². The van der Waals surface area contributed by atoms with E-state index in [-0.39, 0.29) is 18.9 Å². The topological polar surface area (TPSA) is 79.5 Å². The smallest absolute Gasteiger partial charge is 0.255 e. The third kappa shape index (κ3) is 4.81. The van der Waals surface area contributed by atoms with Crippen LogP contribution in [0.1, 0.15) is 22.3 Å². The lowest BCUT2D eigenvalue weighted by molar-refractivity contribution is -0.118. The number of primary amides is 1. The molecule has 0 saturated heterocycles. The van der Waals surface area contributed by atoms with E-state index in [1.165, 1.54) is 0 Å². The second kappa shape index (κ2) is 8.10. The molecule has 0 bridgehead atoms. The highest BCUT2D eigenvalue weighted by Crippen LogP contribution is 2.13. The van der Waals surface area contributed by atoms with E-state index >= 15 is 0 Å². The van der Waals surface area contributed by atoms with Gasteiger partial charge >= 0.3 is 0 Å². The molecular weight excluding hydrogens is 304 g/mol. The summed E-state index contributed by atoms with van der Waals surface area (Å²) in [6.45, 7) is 0.695. The fourth-order valence-electron chi connectivity index (χ4n) is 2.26. The van der Waals surface area contributed by atoms with Gasteiger partial charge < -0.3 is 15.5 Å². The molecule has 126 valence electrons. The van der Waals surface area contributed by atoms with Crippen LogP contribution in [0.2, 0.25) is 0 Å². The van der Waals surface area contributed by atoms with Gasteiger partial charge in [-0.2, -0.15) is 0 Å². The van der Waals surface area contributed by atoms with Crippen molar-refractivity contribution in [1.29, 1.82) is 0 Å². The van der Waals surface area contributed by atoms with Crippen molar-refractivity contribution in [3.63, 3.8) is 0 Å². The first-order valence-corrected chi connectivity index (χ1v) is 7.72. The van der Waals surface area contributed by atoms with Gasteiger partial charge in [0.05, 0.1) is 5.56 Å². The summed E-state index contributed by atoms with van der Waals surface area (Å²) < 4.78 is 0. The van der Waals surface area contributed by atoms with Gasteiger partial charge in [0.2, 0.25) is 5.91 Å². The minimum atomic E-state index is -0.429. The average Bonchev–Trinajstić information content (AvgIpc) is 2.58. The molecule has 0 atom stereocenters. The monoisotopic (exact) mass is 326 g/mol. The van der Waals surface area contributed by atoms with E-state index in [4.69, 9.17) is 5.73 Å². The maximum absolute atomic E-state index is 12.8. The lowest BCUT2D eigenvalue weighted by atomic mass is 10.1. The normalized spacial score (nSPS) is 10.2. The van der Waals surface area contributed by atoms with E-state index in [1.54, 1.807) is 23.2 Å². The highest BCUT2D eigenvalue weighted by molar-refractivity contribution is 5.94. The second-order valence-electron chi connectivity index (χ2n) is 5.73. The zero-order valence-corrected chi connectivity index (χ0v) is 14.0. The highest BCUT2D eigenvalue weighted by atomic mass is 16.2. The van der Waals surface area contributed by atoms with Crippen LogP contribution >= 0.6 is 0 Å². The van der Waals surface area contributed by atoms with Crippen LogP contribution in [0.5, 0.6) is 0 Å². The van der Waals surface area contributed by atoms with Gasteiger partial charge in [-0.15, -0.1) is 0 Å². The zero-order valence-electron chi connectivity index (χ0n) is 14.0. The number of rotatable bonds is 7. The molecule has 0 aliphatic rings. The van der Waals surface area contributed by atoms with Crippen molar-refractivity contribution in [2.75, 3.05) is 25.5 Å². The molecule has 0 saturated carbocycles. The fraction of sp³-hybridized carbons (Fsp3) is 0.278. The fourth-order valence-corrected chi connectivity index (χ4v) is 2.26. The molecule has 2 amide bonds. The van der Waals surface area contributed by atoms with Crippen LogP contribution in [-0.2, 0) is 11.3 Å². The molecule has 0 aliphatic heterocycles. The van der Waals surface area contributed by atoms with Gasteiger partial charge in [0.15, 0.2) is 0 Å². The number of pyridine rings is 1. The summed E-state index contributed by atoms with van der Waals surface area (Å²) >= 11 is 0. The van der Waals surface area contributed by atoms with E-state index in [0.717, 1.165) is 11.4 Å². The minimum absolute atomic E-state index is 0.127. The average molecular weight is 326 g/mol. The Morgan fingerprint density at radius 1 is 1.08 bits per heavy atom. The molecule has 0 fully saturated rings. The molecule has 0 spiro atoms. The summed E-state index contributed by atoms with van der Waals surface area (Å²) in [7, 11) is 3.77. The van der Waals surface area contributed by atoms with E-state index in [0.29, 0.717) is 12.1 Å². The molecule has 0 aliphatic carbocycles. The summed E-state index contributed by atoms with van der Waals surface area (Å²) in [6.07, 6.45) is 1.68. The number of nitrogens with zero attached hydrogens (tertiary/aromatic N) is 3. The van der Waals surface area contributed by atoms with Crippen molar-refractivity contribution in [3.05, 3.63) is 59.8 Å². The molecule has 2 rings (SSSR count). The number of anilines is 1. The molecule has 24 heavy (non-hydrogen) atoms. The van der Waals surface area contributed by atoms with Gasteiger partial charge in [-0.3, -0.25) is 9.59 Å². The summed E-state index contributed by atoms with van der Waals surface area (Å²) in [5, 5.41) is 0. The molecule has 2 aromatic rings. The summed E-state index contributed by atoms with van der Waals surface area (Å²) in [5.74, 6) is 0.179. The molecule has 1 aromatic heterocycles. The van der Waals surface area contributed by atoms with E-state index < -0.39 is 5.91 Å². The third-order valence-electron chi connectivity index (χ3n) is 3.58. The van der Waals surface area contributed by atoms with Crippen LogP contribution in [0.3, 0.4) is 0 Å². The number of aromatic nitrogens is 1. The number of carbonyl (C=O) groups is 2. The Kier molecular flexibility index (Phi) is 5.89. The van der Waals surface area contributed by atoms with Gasteiger partial charge in [-0.1, -0.05) is 30.3 Å². The Morgan fingerprint density at radius 2 is 1.79 bits per heavy atom. The standard InChI is InChI=1S/C18H22N4O2/c1-21(2)17-9-8-15(12-20-17)18(24)22(11-10-16(19)23)13-14-6-4-3-5-7-14/h3-9,12H,10-11,13H2,1-2H3,(H2,19,23). The van der Waals surface area contributed by atoms with Crippen molar-refractivity contribution >= 4 is 17.6 Å². The number of carbonyl (C=O) groups excluding carboxylic acids is 2. The number of hydrogen-bond donors (Lipinski definition) is 1. The Hall–Kier alpha value is -2.89. The maximum Gasteiger partial charge on any atom is 0.255 e. The minimum Gasteiger partial charge on any atom is -0.370 e. The molecular formula is C18H22N4O2. The third-order valence-corrected chi connectivity index (χ3v) is 3.58. The van der Waals surface area contributed by atoms with Crippen LogP contribution in [0.15, 0.2) is 48.7 Å². The number of benzene rings is 1. The molecule has 6 nitrogen and oxygen atoms in total. The molecule has 0 unspecified atom stereocenters. The van der Waals surface area contributed by atoms with Crippen LogP contribution in [0.25, 0.3) is 0 Å². The summed E-state index contributed by atoms with van der Waals surface area (Å²) in [4.78, 5) is 31.6. The molecule has 1 aromatic carbocycles. The van der Waals surface area contributed by atoms with Crippen molar-refractivity contribution in [2.45, 2.75) is 13.0 Å². The Labute approximate surface area is 141 Å². The lowest BCUT2D eigenvalue weighted by Gasteiger charge is -2.22. The Morgan fingerprint density at radius 3 is 2.33 bits per heavy atom. The first-order valence-electron chi connectivity index (χ1n) is 7.72. The summed E-state index contributed by atoms with van der Waals surface area (Å²) in [5.41, 5.74) is 6.71. The predicted molar refractivity (Wildman–Crippen MR) is 93.6 cm³/mol. The molecule has 2 N–H and O–H groups in total. The van der Waals surface area contributed by atoms with Gasteiger partial charge in [0.25, 0.3) is 5.91 Å². The first-order chi connectivity index (χ1) is 11.5. The van der Waals surface area contributed by atoms with Gasteiger partial charge in [0.1, 0.15) is 5.82 Å². The second-order valence-corrected chi connectivity index (χ2v) is 5.73. The molecule has 0 radical (unpaired) electrons. The van der Waals surface area contributed by atoms with Gasteiger partial charge in [0, 0.05) is 39.8 Å². The molecule has 6 heteroatoms. The van der Waals surface area contributed by atoms with Crippen molar-refractivity contribution < 1.29 is 9.59 Å². The Bertz CT molecular complexity index is 684. The number of nitrogens with two attached hydrogens (primary N) is 1. The van der Waals surface area contributed by atoms with Gasteiger partial charge in [-0.05, 0) is 17.7 Å². The highest BCUT2D eigenvalue weighted by Gasteiger charge is 2.17. The largest absolute Gasteiger partial charge is 0.370 e. The predicted octanol–water partition coefficient (Wildman–Crippen LogP) is 1.67. The number of hydrogen-bond acceptors (Lipinski definition) is 4. The van der Waals surface area contributed by atoms with E-state index in [2.05, 4.69) is 4.98 Å². The number of amides is 2. The van der Waals surface area contributed by atoms with Crippen LogP contribution < -0.4 is 10.6 Å². The Balaban J connectivity index is 2.17.